The smallest absolute Gasteiger partial charge is 0.430 e. The normalized spacial score (nSPS) is 14.1. The zero-order valence-corrected chi connectivity index (χ0v) is 47.0. The summed E-state index contributed by atoms with van der Waals surface area (Å²) in [7, 11) is 8.46. The Morgan fingerprint density at radius 3 is 1.56 bits per heavy atom. The molecule has 0 unspecified atom stereocenters. The molecular weight excluding hydrogens is 1090 g/mol. The zero-order chi connectivity index (χ0) is 60.8. The van der Waals surface area contributed by atoms with Crippen molar-refractivity contribution in [3.05, 3.63) is 101 Å². The molecule has 0 fully saturated rings. The van der Waals surface area contributed by atoms with Gasteiger partial charge in [0, 0.05) is 35.7 Å². The van der Waals surface area contributed by atoms with E-state index in [1.807, 2.05) is 53.3 Å². The summed E-state index contributed by atoms with van der Waals surface area (Å²) in [5.41, 5.74) is 5.42. The molecule has 3 heterocycles. The Hall–Kier alpha value is -6.60. The number of pyridine rings is 1. The van der Waals surface area contributed by atoms with Crippen LogP contribution in [0.25, 0.3) is 17.0 Å². The summed E-state index contributed by atoms with van der Waals surface area (Å²) in [6.07, 6.45) is -9.14. The fraction of sp³-hybridized carbons (Fsp3) is 0.491. The molecule has 4 aromatic rings. The molecule has 25 heteroatoms. The van der Waals surface area contributed by atoms with Crippen molar-refractivity contribution in [3.8, 4) is 0 Å². The van der Waals surface area contributed by atoms with Gasteiger partial charge in [0.15, 0.2) is 13.1 Å². The van der Waals surface area contributed by atoms with Gasteiger partial charge >= 0.3 is 30.5 Å². The lowest BCUT2D eigenvalue weighted by Crippen LogP contribution is -2.49. The summed E-state index contributed by atoms with van der Waals surface area (Å²) in [5.74, 6) is -8.21. The van der Waals surface area contributed by atoms with Crippen molar-refractivity contribution in [2.24, 2.45) is 0 Å². The van der Waals surface area contributed by atoms with Crippen LogP contribution in [0.5, 0.6) is 0 Å². The number of alkyl halides is 9. The number of ether oxygens (including phenoxy) is 2. The summed E-state index contributed by atoms with van der Waals surface area (Å²) in [4.78, 5) is 58.7. The average molecular weight is 1160 g/mol. The number of thioether (sulfide) groups is 1. The predicted octanol–water partition coefficient (Wildman–Crippen LogP) is 6.35. The van der Waals surface area contributed by atoms with Crippen molar-refractivity contribution < 1.29 is 102 Å². The van der Waals surface area contributed by atoms with Crippen LogP contribution in [0.1, 0.15) is 77.5 Å². The number of benzene rings is 3. The molecule has 1 aromatic heterocycles. The van der Waals surface area contributed by atoms with Gasteiger partial charge in [-0.2, -0.15) is 39.5 Å². The SMILES string of the molecule is CC(C)(C)OC(=O)C[N+](C)(C)CCCN(CCC[N+](C)(C)CC(=O)OC(C)(C)C)c1cc(/C=C2\Sc3cccc4c3N2CCC4)c2ccccc2[n+]1Cc1ccccc1.O=C([O-])C(F)(F)F.O=C([O-])C(F)(F)F.O=C([O-])C(F)(F)F. The van der Waals surface area contributed by atoms with Crippen LogP contribution in [-0.2, 0) is 46.4 Å². The fourth-order valence-electron chi connectivity index (χ4n) is 8.34. The van der Waals surface area contributed by atoms with E-state index in [0.29, 0.717) is 22.1 Å². The number of fused-ring (bicyclic) bond motifs is 1. The van der Waals surface area contributed by atoms with Gasteiger partial charge in [-0.05, 0) is 89.3 Å². The molecule has 0 saturated heterocycles. The number of carboxylic acid groups (broad SMARTS) is 3. The first-order valence-electron chi connectivity index (χ1n) is 25.0. The Balaban J connectivity index is 0.000000675. The molecule has 0 aliphatic carbocycles. The Morgan fingerprint density at radius 2 is 1.11 bits per heavy atom. The quantitative estimate of drug-likeness (QED) is 0.0524. The molecule has 0 N–H and O–H groups in total. The lowest BCUT2D eigenvalue weighted by molar-refractivity contribution is -0.883. The highest BCUT2D eigenvalue weighted by Crippen LogP contribution is 2.50. The van der Waals surface area contributed by atoms with Gasteiger partial charge in [-0.1, -0.05) is 72.4 Å². The number of hydrogen-bond donors (Lipinski definition) is 0. The van der Waals surface area contributed by atoms with Crippen molar-refractivity contribution in [3.63, 3.8) is 0 Å². The number of para-hydroxylation sites is 2. The van der Waals surface area contributed by atoms with Gasteiger partial charge < -0.3 is 53.0 Å². The van der Waals surface area contributed by atoms with Gasteiger partial charge in [0.05, 0.1) is 65.1 Å². The van der Waals surface area contributed by atoms with Crippen LogP contribution >= 0.6 is 11.8 Å². The van der Waals surface area contributed by atoms with Gasteiger partial charge in [-0.3, -0.25) is 4.90 Å². The zero-order valence-electron chi connectivity index (χ0n) is 46.2. The number of halogens is 9. The molecule has 0 radical (unpaired) electrons. The van der Waals surface area contributed by atoms with Crippen LogP contribution in [0.3, 0.4) is 0 Å². The number of carbonyl (C=O) groups is 5. The topological polar surface area (TPSA) is 183 Å². The molecule has 0 spiro atoms. The maximum atomic E-state index is 12.9. The maximum Gasteiger partial charge on any atom is 0.430 e. The van der Waals surface area contributed by atoms with Crippen LogP contribution in [0, 0.1) is 0 Å². The van der Waals surface area contributed by atoms with Crippen LogP contribution in [0.15, 0.2) is 88.8 Å². The molecule has 442 valence electrons. The second-order valence-electron chi connectivity index (χ2n) is 22.0. The Bertz CT molecular complexity index is 2710. The lowest BCUT2D eigenvalue weighted by Gasteiger charge is -2.32. The molecule has 6 rings (SSSR count). The number of carboxylic acids is 3. The number of anilines is 2. The number of rotatable bonds is 16. The van der Waals surface area contributed by atoms with E-state index in [1.54, 1.807) is 0 Å². The van der Waals surface area contributed by atoms with Crippen molar-refractivity contribution in [2.45, 2.75) is 108 Å². The van der Waals surface area contributed by atoms with Crippen molar-refractivity contribution >= 4 is 70.1 Å². The van der Waals surface area contributed by atoms with E-state index in [9.17, 15) is 49.1 Å². The second-order valence-corrected chi connectivity index (χ2v) is 23.1. The van der Waals surface area contributed by atoms with Crippen LogP contribution < -0.4 is 29.7 Å². The van der Waals surface area contributed by atoms with E-state index in [2.05, 4.69) is 127 Å². The standard InChI is InChI=1S/C49H68N5O4S.3C2HF3O2/c1-48(2,3)57-45(55)35-53(7,8)30-18-27-50(28-19-31-54(9,10)36-46(56)58-49(4,5)6)43-32-39(33-44-51-29-17-23-38-22-16-26-42(59-44)47(38)51)40-24-14-15-25-41(40)52(43)34-37-20-12-11-13-21-37;3*3-2(4,5)1(6)7/h11-16,20-22,24-26,32-33H,17-19,23,27-31,34-36H2,1-10H3;3*(H,6,7)/q+3;;;/p-3. The van der Waals surface area contributed by atoms with Crippen molar-refractivity contribution in [2.75, 3.05) is 83.8 Å². The number of likely N-dealkylation sites (N-methyl/N-ethyl adjacent to an activating group) is 2. The lowest BCUT2D eigenvalue weighted by atomic mass is 10.0. The number of hydrogen-bond acceptors (Lipinski definition) is 13. The van der Waals surface area contributed by atoms with Gasteiger partial charge in [0.2, 0.25) is 0 Å². The Kier molecular flexibility index (Phi) is 23.4. The van der Waals surface area contributed by atoms with Gasteiger partial charge in [-0.25, -0.2) is 14.2 Å². The molecule has 0 bridgehead atoms. The monoisotopic (exact) mass is 1160 g/mol. The van der Waals surface area contributed by atoms with E-state index in [4.69, 9.17) is 39.2 Å². The van der Waals surface area contributed by atoms with Crippen LogP contribution in [-0.4, -0.2) is 143 Å². The third kappa shape index (κ3) is 22.9. The molecule has 0 saturated carbocycles. The first-order chi connectivity index (χ1) is 36.6. The number of nitrogens with zero attached hydrogens (tertiary/aromatic N) is 5. The molecule has 0 atom stereocenters. The number of aliphatic carboxylic acids is 3. The largest absolute Gasteiger partial charge is 0.542 e. The third-order valence-corrected chi connectivity index (χ3v) is 12.6. The molecule has 2 aliphatic heterocycles. The summed E-state index contributed by atoms with van der Waals surface area (Å²) in [6.45, 7) is 17.1. The van der Waals surface area contributed by atoms with E-state index in [1.165, 1.54) is 43.2 Å². The Labute approximate surface area is 463 Å². The molecular formula is C55H68F9N5O10S. The summed E-state index contributed by atoms with van der Waals surface area (Å²) in [6, 6.07) is 28.7. The van der Waals surface area contributed by atoms with Crippen LogP contribution in [0.2, 0.25) is 0 Å². The summed E-state index contributed by atoms with van der Waals surface area (Å²) in [5, 5.41) is 28.9. The first kappa shape index (κ1) is 67.7. The van der Waals surface area contributed by atoms with E-state index >= 15 is 0 Å². The minimum Gasteiger partial charge on any atom is -0.542 e. The maximum absolute atomic E-state index is 12.9. The van der Waals surface area contributed by atoms with E-state index < -0.39 is 47.6 Å². The number of aryl methyl sites for hydroxylation is 1. The van der Waals surface area contributed by atoms with E-state index in [-0.39, 0.29) is 11.9 Å². The highest BCUT2D eigenvalue weighted by atomic mass is 32.2. The number of aromatic nitrogens is 1. The molecule has 0 amide bonds. The third-order valence-electron chi connectivity index (χ3n) is 11.5. The molecule has 80 heavy (non-hydrogen) atoms. The van der Waals surface area contributed by atoms with Gasteiger partial charge in [0.1, 0.15) is 41.2 Å². The predicted molar refractivity (Wildman–Crippen MR) is 276 cm³/mol. The molecule has 3 aromatic carbocycles. The number of esters is 2. The Morgan fingerprint density at radius 1 is 0.662 bits per heavy atom. The van der Waals surface area contributed by atoms with Crippen molar-refractivity contribution in [1.82, 2.24) is 0 Å². The minimum absolute atomic E-state index is 0.176. The number of quaternary nitrogens is 2. The van der Waals surface area contributed by atoms with Crippen LogP contribution in [0.4, 0.5) is 51.0 Å². The average Bonchev–Trinajstić information content (AvgIpc) is 3.65. The molecule has 15 nitrogen and oxygen atoms in total. The van der Waals surface area contributed by atoms with E-state index in [0.717, 1.165) is 70.8 Å². The first-order valence-corrected chi connectivity index (χ1v) is 25.9. The highest BCUT2D eigenvalue weighted by Gasteiger charge is 2.34. The van der Waals surface area contributed by atoms with Gasteiger partial charge in [0.25, 0.3) is 5.82 Å². The fourth-order valence-corrected chi connectivity index (χ4v) is 9.52. The summed E-state index contributed by atoms with van der Waals surface area (Å²) >= 11 is 1.88. The second kappa shape index (κ2) is 27.7. The van der Waals surface area contributed by atoms with Gasteiger partial charge in [-0.15, -0.1) is 0 Å². The molecule has 2 aliphatic rings. The highest BCUT2D eigenvalue weighted by molar-refractivity contribution is 8.03. The number of carbonyl (C=O) groups excluding carboxylic acids is 5. The van der Waals surface area contributed by atoms with Crippen molar-refractivity contribution in [1.29, 1.82) is 0 Å². The summed E-state index contributed by atoms with van der Waals surface area (Å²) < 4.78 is 110. The minimum atomic E-state index is -5.19.